The number of esters is 1. The van der Waals surface area contributed by atoms with Crippen LogP contribution in [0.1, 0.15) is 6.92 Å². The van der Waals surface area contributed by atoms with E-state index in [2.05, 4.69) is 4.74 Å². The quantitative estimate of drug-likeness (QED) is 0.253. The van der Waals surface area contributed by atoms with Crippen LogP contribution >= 0.6 is 0 Å². The van der Waals surface area contributed by atoms with Crippen LogP contribution in [0.15, 0.2) is 0 Å². The van der Waals surface area contributed by atoms with E-state index in [4.69, 9.17) is 15.9 Å². The first-order valence-electron chi connectivity index (χ1n) is 5.06. The van der Waals surface area contributed by atoms with Crippen LogP contribution in [0.3, 0.4) is 0 Å². The Kier molecular flexibility index (Phi) is 7.19. The van der Waals surface area contributed by atoms with Crippen molar-refractivity contribution < 1.29 is 35.1 Å². The van der Waals surface area contributed by atoms with Gasteiger partial charge in [-0.2, -0.15) is 0 Å². The molecule has 0 aliphatic rings. The van der Waals surface area contributed by atoms with Gasteiger partial charge in [-0.05, 0) is 6.92 Å². The van der Waals surface area contributed by atoms with E-state index in [1.54, 1.807) is 0 Å². The van der Waals surface area contributed by atoms with Crippen LogP contribution in [0.4, 0.5) is 0 Å². The van der Waals surface area contributed by atoms with E-state index < -0.39 is 49.6 Å². The average Bonchev–Trinajstić information content (AvgIpc) is 2.32. The van der Waals surface area contributed by atoms with Crippen LogP contribution in [0.2, 0.25) is 0 Å². The first kappa shape index (κ1) is 16.2. The van der Waals surface area contributed by atoms with E-state index in [1.165, 1.54) is 6.92 Å². The fraction of sp³-hybridized carbons (Fsp3) is 0.889. The number of ether oxygens (including phenoxy) is 1. The lowest BCUT2D eigenvalue weighted by Gasteiger charge is -2.25. The van der Waals surface area contributed by atoms with Gasteiger partial charge in [0.25, 0.3) is 0 Å². The molecule has 0 saturated carbocycles. The Labute approximate surface area is 98.2 Å². The molecule has 0 aromatic heterocycles. The Morgan fingerprint density at radius 3 is 2.06 bits per heavy atom. The minimum absolute atomic E-state index is 0.573. The summed E-state index contributed by atoms with van der Waals surface area (Å²) < 4.78 is 4.52. The van der Waals surface area contributed by atoms with Gasteiger partial charge in [0.05, 0.1) is 6.61 Å². The summed E-state index contributed by atoms with van der Waals surface area (Å²) in [6.45, 7) is 0.0385. The fourth-order valence-electron chi connectivity index (χ4n) is 0.961. The molecular weight excluding hydrogens is 234 g/mol. The second-order valence-electron chi connectivity index (χ2n) is 3.72. The molecular formula is C9H19NO7. The zero-order valence-electron chi connectivity index (χ0n) is 9.43. The number of carbonyl (C=O) groups is 1. The van der Waals surface area contributed by atoms with Gasteiger partial charge in [0.15, 0.2) is 0 Å². The minimum atomic E-state index is -1.75. The lowest BCUT2D eigenvalue weighted by molar-refractivity contribution is -0.157. The largest absolute Gasteiger partial charge is 0.462 e. The van der Waals surface area contributed by atoms with Crippen molar-refractivity contribution in [3.05, 3.63) is 0 Å². The van der Waals surface area contributed by atoms with Crippen molar-refractivity contribution in [1.82, 2.24) is 0 Å². The SMILES string of the molecule is C[C@H](N)C(=O)OC[C@@H](O)[C@@H](O)[C@H](O)[C@H](O)CO. The van der Waals surface area contributed by atoms with E-state index in [0.29, 0.717) is 0 Å². The van der Waals surface area contributed by atoms with Crippen molar-refractivity contribution in [1.29, 1.82) is 0 Å². The van der Waals surface area contributed by atoms with Crippen LogP contribution in [-0.2, 0) is 9.53 Å². The first-order valence-corrected chi connectivity index (χ1v) is 5.06. The van der Waals surface area contributed by atoms with Gasteiger partial charge in [0.2, 0.25) is 0 Å². The minimum Gasteiger partial charge on any atom is -0.462 e. The number of rotatable bonds is 7. The Morgan fingerprint density at radius 1 is 1.18 bits per heavy atom. The van der Waals surface area contributed by atoms with Crippen molar-refractivity contribution in [3.63, 3.8) is 0 Å². The molecule has 0 bridgehead atoms. The van der Waals surface area contributed by atoms with Gasteiger partial charge in [-0.25, -0.2) is 0 Å². The maximum Gasteiger partial charge on any atom is 0.322 e. The molecule has 0 fully saturated rings. The molecule has 0 rings (SSSR count). The maximum absolute atomic E-state index is 10.9. The van der Waals surface area contributed by atoms with Crippen molar-refractivity contribution >= 4 is 5.97 Å². The van der Waals surface area contributed by atoms with E-state index in [9.17, 15) is 20.1 Å². The normalized spacial score (nSPS) is 20.2. The molecule has 7 N–H and O–H groups in total. The van der Waals surface area contributed by atoms with Crippen molar-refractivity contribution in [3.8, 4) is 0 Å². The van der Waals surface area contributed by atoms with Crippen molar-refractivity contribution in [2.75, 3.05) is 13.2 Å². The molecule has 0 radical (unpaired) electrons. The third-order valence-corrected chi connectivity index (χ3v) is 2.09. The fourth-order valence-corrected chi connectivity index (χ4v) is 0.961. The van der Waals surface area contributed by atoms with Gasteiger partial charge in [-0.3, -0.25) is 4.79 Å². The Balaban J connectivity index is 4.13. The highest BCUT2D eigenvalue weighted by Gasteiger charge is 2.30. The lowest BCUT2D eigenvalue weighted by atomic mass is 10.0. The molecule has 8 nitrogen and oxygen atoms in total. The highest BCUT2D eigenvalue weighted by molar-refractivity contribution is 5.74. The second-order valence-corrected chi connectivity index (χ2v) is 3.72. The number of carbonyl (C=O) groups excluding carboxylic acids is 1. The van der Waals surface area contributed by atoms with E-state index in [-0.39, 0.29) is 0 Å². The van der Waals surface area contributed by atoms with Gasteiger partial charge < -0.3 is 36.0 Å². The van der Waals surface area contributed by atoms with Crippen LogP contribution in [0.25, 0.3) is 0 Å². The van der Waals surface area contributed by atoms with E-state index in [0.717, 1.165) is 0 Å². The number of nitrogens with two attached hydrogens (primary N) is 1. The number of aliphatic hydroxyl groups excluding tert-OH is 5. The lowest BCUT2D eigenvalue weighted by Crippen LogP contribution is -2.47. The zero-order chi connectivity index (χ0) is 13.6. The smallest absolute Gasteiger partial charge is 0.322 e. The number of hydrogen-bond acceptors (Lipinski definition) is 8. The molecule has 0 saturated heterocycles. The molecule has 8 heteroatoms. The molecule has 0 aliphatic carbocycles. The summed E-state index contributed by atoms with van der Waals surface area (Å²) in [5, 5.41) is 45.5. The van der Waals surface area contributed by atoms with Gasteiger partial charge in [-0.15, -0.1) is 0 Å². The van der Waals surface area contributed by atoms with Gasteiger partial charge in [-0.1, -0.05) is 0 Å². The average molecular weight is 253 g/mol. The zero-order valence-corrected chi connectivity index (χ0v) is 9.43. The van der Waals surface area contributed by atoms with Crippen LogP contribution < -0.4 is 5.73 Å². The first-order chi connectivity index (χ1) is 7.81. The summed E-state index contributed by atoms with van der Waals surface area (Å²) in [6.07, 6.45) is -6.68. The maximum atomic E-state index is 10.9. The number of hydrogen-bond donors (Lipinski definition) is 6. The van der Waals surface area contributed by atoms with Crippen molar-refractivity contribution in [2.45, 2.75) is 37.4 Å². The summed E-state index contributed by atoms with van der Waals surface area (Å²) in [7, 11) is 0. The monoisotopic (exact) mass is 253 g/mol. The highest BCUT2D eigenvalue weighted by atomic mass is 16.5. The molecule has 17 heavy (non-hydrogen) atoms. The molecule has 0 amide bonds. The molecule has 0 aliphatic heterocycles. The predicted octanol–water partition coefficient (Wildman–Crippen LogP) is -3.69. The molecule has 0 aromatic carbocycles. The molecule has 5 atom stereocenters. The van der Waals surface area contributed by atoms with Crippen molar-refractivity contribution in [2.24, 2.45) is 5.73 Å². The van der Waals surface area contributed by atoms with Gasteiger partial charge >= 0.3 is 5.97 Å². The molecule has 0 heterocycles. The Hall–Kier alpha value is -0.770. The molecule has 102 valence electrons. The van der Waals surface area contributed by atoms with E-state index in [1.807, 2.05) is 0 Å². The standard InChI is InChI=1S/C9H19NO7/c1-4(10)9(16)17-3-6(13)8(15)7(14)5(12)2-11/h4-8,11-15H,2-3,10H2,1H3/t4-,5+,6+,7+,8+/m0/s1. The topological polar surface area (TPSA) is 153 Å². The van der Waals surface area contributed by atoms with Crippen LogP contribution in [0, 0.1) is 0 Å². The van der Waals surface area contributed by atoms with Gasteiger partial charge in [0, 0.05) is 0 Å². The predicted molar refractivity (Wildman–Crippen MR) is 55.7 cm³/mol. The Morgan fingerprint density at radius 2 is 1.65 bits per heavy atom. The molecule has 0 unspecified atom stereocenters. The van der Waals surface area contributed by atoms with Crippen LogP contribution in [-0.4, -0.2) is 75.2 Å². The summed E-state index contributed by atoms with van der Waals surface area (Å²) in [6, 6.07) is -0.868. The van der Waals surface area contributed by atoms with Crippen LogP contribution in [0.5, 0.6) is 0 Å². The third-order valence-electron chi connectivity index (χ3n) is 2.09. The summed E-state index contributed by atoms with van der Waals surface area (Å²) >= 11 is 0. The highest BCUT2D eigenvalue weighted by Crippen LogP contribution is 2.05. The van der Waals surface area contributed by atoms with Gasteiger partial charge in [0.1, 0.15) is 37.1 Å². The second kappa shape index (κ2) is 7.54. The molecule has 0 spiro atoms. The van der Waals surface area contributed by atoms with E-state index >= 15 is 0 Å². The summed E-state index contributed by atoms with van der Waals surface area (Å²) in [4.78, 5) is 10.9. The molecule has 0 aromatic rings. The Bertz CT molecular complexity index is 235. The summed E-state index contributed by atoms with van der Waals surface area (Å²) in [5.74, 6) is -0.770. The third kappa shape index (κ3) is 5.39. The number of aliphatic hydroxyl groups is 5. The summed E-state index contributed by atoms with van der Waals surface area (Å²) in [5.41, 5.74) is 5.19.